The number of carbonyl (C=O) groups is 2. The van der Waals surface area contributed by atoms with Gasteiger partial charge < -0.3 is 14.8 Å². The van der Waals surface area contributed by atoms with Gasteiger partial charge in [-0.1, -0.05) is 57.2 Å². The van der Waals surface area contributed by atoms with Gasteiger partial charge in [-0.05, 0) is 35.2 Å². The minimum absolute atomic E-state index is 0.0273. The topological polar surface area (TPSA) is 102 Å². The van der Waals surface area contributed by atoms with Crippen LogP contribution in [0.25, 0.3) is 0 Å². The molecule has 0 radical (unpaired) electrons. The highest BCUT2D eigenvalue weighted by molar-refractivity contribution is 7.92. The van der Waals surface area contributed by atoms with Gasteiger partial charge in [0.25, 0.3) is 0 Å². The van der Waals surface area contributed by atoms with Gasteiger partial charge in [-0.15, -0.1) is 0 Å². The Morgan fingerprint density at radius 2 is 1.57 bits per heavy atom. The maximum absolute atomic E-state index is 13.0. The molecule has 0 bridgehead atoms. The number of hydrogen-bond donors (Lipinski definition) is 1. The van der Waals surface area contributed by atoms with Gasteiger partial charge in [0.05, 0.1) is 26.2 Å². The molecule has 3 rings (SSSR count). The number of hydrogen-bond acceptors (Lipinski definition) is 6. The molecular formula is C28H32N2O6S. The third kappa shape index (κ3) is 6.89. The number of nitrogens with one attached hydrogen (secondary N) is 1. The number of nitrogens with zero attached hydrogens (tertiary/aromatic N) is 1. The molecule has 0 atom stereocenters. The number of methoxy groups -OCH3 is 2. The van der Waals surface area contributed by atoms with Crippen molar-refractivity contribution in [1.29, 1.82) is 0 Å². The van der Waals surface area contributed by atoms with E-state index in [-0.39, 0.29) is 22.6 Å². The zero-order valence-corrected chi connectivity index (χ0v) is 22.7. The van der Waals surface area contributed by atoms with Crippen LogP contribution in [0.15, 0.2) is 66.7 Å². The fraction of sp³-hybridized carbons (Fsp3) is 0.286. The van der Waals surface area contributed by atoms with Crippen LogP contribution in [0.3, 0.4) is 0 Å². The van der Waals surface area contributed by atoms with Gasteiger partial charge in [0.1, 0.15) is 18.0 Å². The number of rotatable bonds is 9. The van der Waals surface area contributed by atoms with Crippen molar-refractivity contribution in [2.24, 2.45) is 0 Å². The van der Waals surface area contributed by atoms with Crippen molar-refractivity contribution in [3.8, 4) is 11.5 Å². The third-order valence-electron chi connectivity index (χ3n) is 5.76. The van der Waals surface area contributed by atoms with E-state index in [1.54, 1.807) is 48.5 Å². The zero-order chi connectivity index (χ0) is 27.4. The maximum Gasteiger partial charge on any atom is 0.245 e. The van der Waals surface area contributed by atoms with E-state index in [9.17, 15) is 18.0 Å². The predicted octanol–water partition coefficient (Wildman–Crippen LogP) is 4.64. The fourth-order valence-corrected chi connectivity index (χ4v) is 4.58. The Hall–Kier alpha value is -3.85. The van der Waals surface area contributed by atoms with E-state index in [2.05, 4.69) is 26.1 Å². The summed E-state index contributed by atoms with van der Waals surface area (Å²) in [6, 6.07) is 18.7. The van der Waals surface area contributed by atoms with Gasteiger partial charge >= 0.3 is 0 Å². The van der Waals surface area contributed by atoms with Crippen LogP contribution in [-0.2, 0) is 20.2 Å². The Morgan fingerprint density at radius 1 is 0.892 bits per heavy atom. The molecule has 0 aliphatic carbocycles. The number of sulfonamides is 1. The lowest BCUT2D eigenvalue weighted by Gasteiger charge is -2.24. The average molecular weight is 525 g/mol. The quantitative estimate of drug-likeness (QED) is 0.409. The second-order valence-electron chi connectivity index (χ2n) is 9.59. The Labute approximate surface area is 218 Å². The summed E-state index contributed by atoms with van der Waals surface area (Å²) in [6.45, 7) is 5.80. The Balaban J connectivity index is 1.81. The Bertz CT molecular complexity index is 1390. The summed E-state index contributed by atoms with van der Waals surface area (Å²) in [4.78, 5) is 25.9. The van der Waals surface area contributed by atoms with Crippen molar-refractivity contribution >= 4 is 33.1 Å². The van der Waals surface area contributed by atoms with E-state index in [0.717, 1.165) is 16.1 Å². The molecule has 0 unspecified atom stereocenters. The largest absolute Gasteiger partial charge is 0.497 e. The predicted molar refractivity (Wildman–Crippen MR) is 145 cm³/mol. The molecular weight excluding hydrogens is 492 g/mol. The molecule has 8 nitrogen and oxygen atoms in total. The normalized spacial score (nSPS) is 11.5. The molecule has 0 fully saturated rings. The van der Waals surface area contributed by atoms with E-state index in [1.807, 2.05) is 12.1 Å². The van der Waals surface area contributed by atoms with Crippen LogP contribution in [-0.4, -0.2) is 47.1 Å². The molecule has 0 saturated heterocycles. The number of ether oxygens (including phenoxy) is 2. The number of carbonyl (C=O) groups excluding carboxylic acids is 2. The molecule has 0 aliphatic rings. The molecule has 196 valence electrons. The monoisotopic (exact) mass is 524 g/mol. The molecule has 9 heteroatoms. The Kier molecular flexibility index (Phi) is 8.28. The van der Waals surface area contributed by atoms with Gasteiger partial charge in [-0.25, -0.2) is 8.42 Å². The smallest absolute Gasteiger partial charge is 0.245 e. The SMILES string of the molecule is COc1ccc(OC)c(N(CC(=O)Nc2cccc(C(=O)c3ccc(C(C)(C)C)cc3)c2)S(C)(=O)=O)c1. The zero-order valence-electron chi connectivity index (χ0n) is 21.9. The molecule has 3 aromatic rings. The van der Waals surface area contributed by atoms with Crippen molar-refractivity contribution in [3.05, 3.63) is 83.4 Å². The van der Waals surface area contributed by atoms with E-state index in [0.29, 0.717) is 22.6 Å². The van der Waals surface area contributed by atoms with Gasteiger partial charge in [0.2, 0.25) is 15.9 Å². The molecule has 0 heterocycles. The van der Waals surface area contributed by atoms with Gasteiger partial charge in [0, 0.05) is 22.9 Å². The summed E-state index contributed by atoms with van der Waals surface area (Å²) in [5.41, 5.74) is 2.56. The summed E-state index contributed by atoms with van der Waals surface area (Å²) in [7, 11) is -0.989. The van der Waals surface area contributed by atoms with Crippen LogP contribution >= 0.6 is 0 Å². The number of ketones is 1. The third-order valence-corrected chi connectivity index (χ3v) is 6.89. The lowest BCUT2D eigenvalue weighted by atomic mass is 9.86. The molecule has 1 amide bonds. The second kappa shape index (κ2) is 11.0. The van der Waals surface area contributed by atoms with E-state index < -0.39 is 22.5 Å². The number of benzene rings is 3. The first kappa shape index (κ1) is 27.7. The maximum atomic E-state index is 13.0. The molecule has 0 spiro atoms. The Morgan fingerprint density at radius 3 is 2.14 bits per heavy atom. The summed E-state index contributed by atoms with van der Waals surface area (Å²) in [6.07, 6.45) is 1.00. The first-order valence-corrected chi connectivity index (χ1v) is 13.4. The van der Waals surface area contributed by atoms with E-state index >= 15 is 0 Å². The molecule has 1 N–H and O–H groups in total. The van der Waals surface area contributed by atoms with Crippen molar-refractivity contribution in [2.45, 2.75) is 26.2 Å². The van der Waals surface area contributed by atoms with Crippen molar-refractivity contribution < 1.29 is 27.5 Å². The molecule has 0 aliphatic heterocycles. The van der Waals surface area contributed by atoms with Gasteiger partial charge in [-0.3, -0.25) is 13.9 Å². The molecule has 0 saturated carbocycles. The van der Waals surface area contributed by atoms with E-state index in [4.69, 9.17) is 9.47 Å². The summed E-state index contributed by atoms with van der Waals surface area (Å²) in [5.74, 6) is -0.0967. The lowest BCUT2D eigenvalue weighted by molar-refractivity contribution is -0.114. The second-order valence-corrected chi connectivity index (χ2v) is 11.5. The van der Waals surface area contributed by atoms with Crippen LogP contribution in [0.2, 0.25) is 0 Å². The fourth-order valence-electron chi connectivity index (χ4n) is 3.73. The molecule has 37 heavy (non-hydrogen) atoms. The van der Waals surface area contributed by atoms with E-state index in [1.165, 1.54) is 20.3 Å². The van der Waals surface area contributed by atoms with Crippen LogP contribution in [0, 0.1) is 0 Å². The average Bonchev–Trinajstić information content (AvgIpc) is 2.85. The highest BCUT2D eigenvalue weighted by atomic mass is 32.2. The highest BCUT2D eigenvalue weighted by Gasteiger charge is 2.25. The van der Waals surface area contributed by atoms with Crippen LogP contribution in [0.5, 0.6) is 11.5 Å². The molecule has 0 aromatic heterocycles. The number of amides is 1. The first-order chi connectivity index (χ1) is 17.3. The number of anilines is 2. The minimum Gasteiger partial charge on any atom is -0.497 e. The van der Waals surface area contributed by atoms with Crippen molar-refractivity contribution in [3.63, 3.8) is 0 Å². The highest BCUT2D eigenvalue weighted by Crippen LogP contribution is 2.33. The lowest BCUT2D eigenvalue weighted by Crippen LogP contribution is -2.37. The van der Waals surface area contributed by atoms with Crippen molar-refractivity contribution in [2.75, 3.05) is 36.6 Å². The minimum atomic E-state index is -3.85. The summed E-state index contributed by atoms with van der Waals surface area (Å²) >= 11 is 0. The van der Waals surface area contributed by atoms with Crippen LogP contribution in [0.4, 0.5) is 11.4 Å². The van der Waals surface area contributed by atoms with Crippen molar-refractivity contribution in [1.82, 2.24) is 0 Å². The van der Waals surface area contributed by atoms with Gasteiger partial charge in [0.15, 0.2) is 5.78 Å². The van der Waals surface area contributed by atoms with Gasteiger partial charge in [-0.2, -0.15) is 0 Å². The summed E-state index contributed by atoms with van der Waals surface area (Å²) in [5, 5.41) is 2.69. The van der Waals surface area contributed by atoms with Crippen LogP contribution in [0.1, 0.15) is 42.3 Å². The standard InChI is InChI=1S/C28H32N2O6S/c1-28(2,3)21-12-10-19(11-13-21)27(32)20-8-7-9-22(16-20)29-26(31)18-30(37(6,33)34)24-17-23(35-4)14-15-25(24)36-5/h7-17H,18H2,1-6H3,(H,29,31). The molecule has 3 aromatic carbocycles. The van der Waals surface area contributed by atoms with Crippen LogP contribution < -0.4 is 19.1 Å². The summed E-state index contributed by atoms with van der Waals surface area (Å²) < 4.78 is 36.6. The first-order valence-electron chi connectivity index (χ1n) is 11.6.